The van der Waals surface area contributed by atoms with Crippen molar-refractivity contribution in [2.75, 3.05) is 46.4 Å². The monoisotopic (exact) mass is 444 g/mol. The number of carbonyl (C=O) groups excluding carboxylic acids is 2. The van der Waals surface area contributed by atoms with Crippen LogP contribution in [0.1, 0.15) is 41.8 Å². The molecule has 0 saturated carbocycles. The standard InChI is InChI=1S/C23H32N4O3S/c1-23(2,3)22-25-18(16-31-22)15-20(28)27-13-11-26(12-14-27)10-9-24-21(29)17-5-7-19(30-4)8-6-17/h5-8,16H,9-15H2,1-4H3,(H,24,29). The first-order valence-corrected chi connectivity index (χ1v) is 11.5. The number of nitrogens with one attached hydrogen (secondary N) is 1. The largest absolute Gasteiger partial charge is 0.497 e. The topological polar surface area (TPSA) is 74.8 Å². The SMILES string of the molecule is COc1ccc(C(=O)NCCN2CCN(C(=O)Cc3csc(C(C)(C)C)n3)CC2)cc1. The zero-order valence-corrected chi connectivity index (χ0v) is 19.6. The fourth-order valence-electron chi connectivity index (χ4n) is 3.39. The molecule has 2 heterocycles. The summed E-state index contributed by atoms with van der Waals surface area (Å²) in [5, 5.41) is 6.02. The molecule has 168 valence electrons. The Bertz CT molecular complexity index is 881. The van der Waals surface area contributed by atoms with Crippen molar-refractivity contribution in [3.63, 3.8) is 0 Å². The summed E-state index contributed by atoms with van der Waals surface area (Å²) in [6.07, 6.45) is 0.366. The molecule has 2 aromatic rings. The molecule has 0 radical (unpaired) electrons. The molecule has 1 aliphatic rings. The maximum absolute atomic E-state index is 12.6. The fraction of sp³-hybridized carbons (Fsp3) is 0.522. The van der Waals surface area contributed by atoms with Gasteiger partial charge in [-0.25, -0.2) is 4.98 Å². The van der Waals surface area contributed by atoms with E-state index in [1.165, 1.54) is 0 Å². The van der Waals surface area contributed by atoms with Crippen LogP contribution in [0.2, 0.25) is 0 Å². The molecular weight excluding hydrogens is 412 g/mol. The van der Waals surface area contributed by atoms with Gasteiger partial charge in [0.25, 0.3) is 5.91 Å². The van der Waals surface area contributed by atoms with Crippen molar-refractivity contribution < 1.29 is 14.3 Å². The highest BCUT2D eigenvalue weighted by Crippen LogP contribution is 2.25. The summed E-state index contributed by atoms with van der Waals surface area (Å²) >= 11 is 1.63. The van der Waals surface area contributed by atoms with Crippen LogP contribution in [-0.2, 0) is 16.6 Å². The van der Waals surface area contributed by atoms with Crippen LogP contribution in [0.15, 0.2) is 29.6 Å². The number of benzene rings is 1. The molecule has 0 unspecified atom stereocenters. The molecule has 0 spiro atoms. The molecule has 1 aromatic carbocycles. The number of ether oxygens (including phenoxy) is 1. The first kappa shape index (κ1) is 23.2. The highest BCUT2D eigenvalue weighted by atomic mass is 32.1. The second-order valence-corrected chi connectivity index (χ2v) is 9.64. The van der Waals surface area contributed by atoms with E-state index in [4.69, 9.17) is 4.74 Å². The Morgan fingerprint density at radius 1 is 1.13 bits per heavy atom. The van der Waals surface area contributed by atoms with Gasteiger partial charge < -0.3 is 15.0 Å². The van der Waals surface area contributed by atoms with Gasteiger partial charge in [0, 0.05) is 55.6 Å². The van der Waals surface area contributed by atoms with E-state index in [9.17, 15) is 9.59 Å². The molecule has 1 fully saturated rings. The van der Waals surface area contributed by atoms with Gasteiger partial charge in [-0.3, -0.25) is 14.5 Å². The predicted molar refractivity (Wildman–Crippen MR) is 123 cm³/mol. The third-order valence-corrected chi connectivity index (χ3v) is 6.63. The van der Waals surface area contributed by atoms with E-state index >= 15 is 0 Å². The van der Waals surface area contributed by atoms with E-state index in [1.807, 2.05) is 10.3 Å². The Hall–Kier alpha value is -2.45. The lowest BCUT2D eigenvalue weighted by Crippen LogP contribution is -2.50. The summed E-state index contributed by atoms with van der Waals surface area (Å²) in [5.41, 5.74) is 1.50. The number of piperazine rings is 1. The van der Waals surface area contributed by atoms with Gasteiger partial charge in [-0.15, -0.1) is 11.3 Å². The molecule has 1 saturated heterocycles. The summed E-state index contributed by atoms with van der Waals surface area (Å²) < 4.78 is 5.11. The van der Waals surface area contributed by atoms with Gasteiger partial charge in [-0.1, -0.05) is 20.8 Å². The Morgan fingerprint density at radius 3 is 2.39 bits per heavy atom. The number of aromatic nitrogens is 1. The highest BCUT2D eigenvalue weighted by molar-refractivity contribution is 7.09. The number of methoxy groups -OCH3 is 1. The molecule has 0 bridgehead atoms. The van der Waals surface area contributed by atoms with E-state index in [-0.39, 0.29) is 17.2 Å². The Kier molecular flexibility index (Phi) is 7.67. The Labute approximate surface area is 188 Å². The minimum absolute atomic E-state index is 0.0143. The zero-order valence-electron chi connectivity index (χ0n) is 18.8. The average molecular weight is 445 g/mol. The first-order chi connectivity index (χ1) is 14.8. The van der Waals surface area contributed by atoms with Gasteiger partial charge in [0.1, 0.15) is 5.75 Å². The number of amides is 2. The second kappa shape index (κ2) is 10.2. The summed E-state index contributed by atoms with van der Waals surface area (Å²) in [5.74, 6) is 0.779. The molecule has 1 N–H and O–H groups in total. The number of thiazole rings is 1. The second-order valence-electron chi connectivity index (χ2n) is 8.78. The van der Waals surface area contributed by atoms with Gasteiger partial charge in [0.2, 0.25) is 5.91 Å². The molecule has 0 atom stereocenters. The zero-order chi connectivity index (χ0) is 22.4. The van der Waals surface area contributed by atoms with Crippen molar-refractivity contribution in [2.24, 2.45) is 0 Å². The van der Waals surface area contributed by atoms with Gasteiger partial charge in [-0.05, 0) is 24.3 Å². The van der Waals surface area contributed by atoms with Crippen LogP contribution in [0.5, 0.6) is 5.75 Å². The molecular formula is C23H32N4O3S. The molecule has 31 heavy (non-hydrogen) atoms. The van der Waals surface area contributed by atoms with Crippen LogP contribution in [0.4, 0.5) is 0 Å². The molecule has 8 heteroatoms. The van der Waals surface area contributed by atoms with Crippen molar-refractivity contribution >= 4 is 23.2 Å². The molecule has 7 nitrogen and oxygen atoms in total. The van der Waals surface area contributed by atoms with Crippen molar-refractivity contribution in [2.45, 2.75) is 32.6 Å². The smallest absolute Gasteiger partial charge is 0.251 e. The van der Waals surface area contributed by atoms with E-state index in [2.05, 4.69) is 36.0 Å². The number of hydrogen-bond donors (Lipinski definition) is 1. The normalized spacial score (nSPS) is 15.0. The van der Waals surface area contributed by atoms with Gasteiger partial charge in [0.15, 0.2) is 0 Å². The summed E-state index contributed by atoms with van der Waals surface area (Å²) in [6.45, 7) is 10.8. The Morgan fingerprint density at radius 2 is 1.81 bits per heavy atom. The molecule has 1 aromatic heterocycles. The van der Waals surface area contributed by atoms with Gasteiger partial charge >= 0.3 is 0 Å². The quantitative estimate of drug-likeness (QED) is 0.711. The van der Waals surface area contributed by atoms with Crippen molar-refractivity contribution in [1.29, 1.82) is 0 Å². The first-order valence-electron chi connectivity index (χ1n) is 10.6. The summed E-state index contributed by atoms with van der Waals surface area (Å²) in [4.78, 5) is 33.7. The maximum Gasteiger partial charge on any atom is 0.251 e. The number of rotatable bonds is 7. The molecule has 2 amide bonds. The van der Waals surface area contributed by atoms with Crippen LogP contribution >= 0.6 is 11.3 Å². The van der Waals surface area contributed by atoms with E-state index < -0.39 is 0 Å². The fourth-order valence-corrected chi connectivity index (χ4v) is 4.30. The minimum atomic E-state index is -0.0886. The van der Waals surface area contributed by atoms with Crippen LogP contribution in [-0.4, -0.2) is 73.0 Å². The van der Waals surface area contributed by atoms with E-state index in [1.54, 1.807) is 42.7 Å². The molecule has 1 aliphatic heterocycles. The predicted octanol–water partition coefficient (Wildman–Crippen LogP) is 2.57. The number of carbonyl (C=O) groups is 2. The van der Waals surface area contributed by atoms with Gasteiger partial charge in [0.05, 0.1) is 24.2 Å². The van der Waals surface area contributed by atoms with Crippen LogP contribution in [0, 0.1) is 0 Å². The summed E-state index contributed by atoms with van der Waals surface area (Å²) in [7, 11) is 1.60. The van der Waals surface area contributed by atoms with Crippen molar-refractivity contribution in [3.05, 3.63) is 45.9 Å². The lowest BCUT2D eigenvalue weighted by Gasteiger charge is -2.34. The molecule has 0 aliphatic carbocycles. The highest BCUT2D eigenvalue weighted by Gasteiger charge is 2.23. The van der Waals surface area contributed by atoms with E-state index in [0.717, 1.165) is 36.1 Å². The van der Waals surface area contributed by atoms with Gasteiger partial charge in [-0.2, -0.15) is 0 Å². The lowest BCUT2D eigenvalue weighted by molar-refractivity contribution is -0.132. The summed E-state index contributed by atoms with van der Waals surface area (Å²) in [6, 6.07) is 7.07. The maximum atomic E-state index is 12.6. The minimum Gasteiger partial charge on any atom is -0.497 e. The van der Waals surface area contributed by atoms with Crippen LogP contribution < -0.4 is 10.1 Å². The third kappa shape index (κ3) is 6.51. The molecule has 3 rings (SSSR count). The number of nitrogens with zero attached hydrogens (tertiary/aromatic N) is 3. The van der Waals surface area contributed by atoms with Crippen molar-refractivity contribution in [1.82, 2.24) is 20.1 Å². The van der Waals surface area contributed by atoms with Crippen LogP contribution in [0.3, 0.4) is 0 Å². The van der Waals surface area contributed by atoms with Crippen molar-refractivity contribution in [3.8, 4) is 5.75 Å². The number of hydrogen-bond acceptors (Lipinski definition) is 6. The van der Waals surface area contributed by atoms with E-state index in [0.29, 0.717) is 31.6 Å². The Balaban J connectivity index is 1.37. The average Bonchev–Trinajstić information content (AvgIpc) is 3.23. The van der Waals surface area contributed by atoms with Crippen LogP contribution in [0.25, 0.3) is 0 Å². The lowest BCUT2D eigenvalue weighted by atomic mass is 9.98. The third-order valence-electron chi connectivity index (χ3n) is 5.32.